The number of carbonyl (C=O) groups excluding carboxylic acids is 2. The first-order valence-corrected chi connectivity index (χ1v) is 19.7. The summed E-state index contributed by atoms with van der Waals surface area (Å²) in [5.41, 5.74) is 6.76. The SMILES string of the molecule is CC(=O)CC1(C)C(/C=C/C(C#N)=C/C=C2/N(CCOC=O)c3ccccc3C2(Cc2ccccc2)Cc2ccccc2)=[N+](CCC(=O)O)c2ccc(OC(C)C)cc21. The minimum absolute atomic E-state index is 0.0250. The maximum atomic E-state index is 12.9. The number of aliphatic carboxylic acids is 1. The number of carbonyl (C=O) groups is 3. The van der Waals surface area contributed by atoms with E-state index < -0.39 is 16.8 Å². The van der Waals surface area contributed by atoms with E-state index in [0.717, 1.165) is 45.0 Å². The molecule has 0 spiro atoms. The summed E-state index contributed by atoms with van der Waals surface area (Å²) in [5, 5.41) is 20.4. The van der Waals surface area contributed by atoms with Crippen molar-refractivity contribution in [1.82, 2.24) is 0 Å². The summed E-state index contributed by atoms with van der Waals surface area (Å²) >= 11 is 0. The van der Waals surface area contributed by atoms with Crippen LogP contribution in [0.3, 0.4) is 0 Å². The molecule has 1 atom stereocenters. The molecule has 2 heterocycles. The van der Waals surface area contributed by atoms with Crippen molar-refractivity contribution < 1.29 is 33.5 Å². The third kappa shape index (κ3) is 8.87. The van der Waals surface area contributed by atoms with Crippen LogP contribution >= 0.6 is 0 Å². The highest BCUT2D eigenvalue weighted by Crippen LogP contribution is 2.52. The summed E-state index contributed by atoms with van der Waals surface area (Å²) in [7, 11) is 0. The van der Waals surface area contributed by atoms with Gasteiger partial charge in [-0.15, -0.1) is 0 Å². The van der Waals surface area contributed by atoms with E-state index in [-0.39, 0.29) is 37.9 Å². The van der Waals surface area contributed by atoms with Gasteiger partial charge in [-0.2, -0.15) is 9.84 Å². The third-order valence-corrected chi connectivity index (χ3v) is 10.9. The van der Waals surface area contributed by atoms with Gasteiger partial charge < -0.3 is 19.5 Å². The zero-order valence-corrected chi connectivity index (χ0v) is 33.6. The summed E-state index contributed by atoms with van der Waals surface area (Å²) in [5.74, 6) is -0.307. The Balaban J connectivity index is 1.51. The lowest BCUT2D eigenvalue weighted by atomic mass is 9.70. The normalized spacial score (nSPS) is 17.7. The molecule has 4 aromatic carbocycles. The Labute approximate surface area is 340 Å². The summed E-state index contributed by atoms with van der Waals surface area (Å²) in [6, 6.07) is 37.1. The number of benzene rings is 4. The standard InChI is InChI=1S/C49H49N3O6/c1-35(2)58-40-21-22-44-42(29-40)48(4,30-36(3)54)45(51(44)26-25-47(55)56)23-19-39(33-50)20-24-46-49(31-37-13-7-5-8-14-37,32-38-15-9-6-10-16-38)41-17-11-12-18-43(41)52(46)27-28-57-34-53/h5-24,29,34-35H,25-28,30-32H2,1-4H3/p+1. The number of allylic oxidation sites excluding steroid dienone is 6. The molecule has 0 saturated heterocycles. The Morgan fingerprint density at radius 3 is 2.19 bits per heavy atom. The van der Waals surface area contributed by atoms with Crippen LogP contribution in [0, 0.1) is 11.3 Å². The van der Waals surface area contributed by atoms with Crippen molar-refractivity contribution in [2.24, 2.45) is 0 Å². The van der Waals surface area contributed by atoms with Crippen molar-refractivity contribution >= 4 is 35.3 Å². The lowest BCUT2D eigenvalue weighted by Gasteiger charge is -2.34. The molecule has 2 aliphatic rings. The largest absolute Gasteiger partial charge is 0.491 e. The van der Waals surface area contributed by atoms with Crippen molar-refractivity contribution in [2.45, 2.75) is 70.3 Å². The second kappa shape index (κ2) is 18.2. The van der Waals surface area contributed by atoms with Gasteiger partial charge in [-0.05, 0) is 93.7 Å². The fourth-order valence-corrected chi connectivity index (χ4v) is 8.62. The molecule has 58 heavy (non-hydrogen) atoms. The molecule has 1 N–H and O–H groups in total. The van der Waals surface area contributed by atoms with Crippen molar-refractivity contribution in [3.8, 4) is 11.8 Å². The number of nitriles is 1. The van der Waals surface area contributed by atoms with Gasteiger partial charge in [0.15, 0.2) is 12.3 Å². The Bertz CT molecular complexity index is 2280. The van der Waals surface area contributed by atoms with Crippen LogP contribution in [0.5, 0.6) is 5.75 Å². The molecule has 9 nitrogen and oxygen atoms in total. The van der Waals surface area contributed by atoms with E-state index in [0.29, 0.717) is 37.2 Å². The molecule has 9 heteroatoms. The van der Waals surface area contributed by atoms with Crippen LogP contribution < -0.4 is 9.64 Å². The third-order valence-electron chi connectivity index (χ3n) is 10.9. The number of carboxylic acids is 1. The highest BCUT2D eigenvalue weighted by molar-refractivity contribution is 6.06. The fourth-order valence-electron chi connectivity index (χ4n) is 8.62. The van der Waals surface area contributed by atoms with Crippen LogP contribution in [0.25, 0.3) is 0 Å². The van der Waals surface area contributed by atoms with E-state index in [1.165, 1.54) is 0 Å². The number of rotatable bonds is 18. The molecular weight excluding hydrogens is 727 g/mol. The number of hydrogen-bond donors (Lipinski definition) is 1. The number of carboxylic acid groups (broad SMARTS) is 1. The van der Waals surface area contributed by atoms with Gasteiger partial charge in [-0.1, -0.05) is 78.9 Å². The first-order valence-electron chi connectivity index (χ1n) is 19.7. The van der Waals surface area contributed by atoms with Crippen LogP contribution in [0.2, 0.25) is 0 Å². The summed E-state index contributed by atoms with van der Waals surface area (Å²) in [6.07, 6.45) is 8.73. The molecule has 0 bridgehead atoms. The molecule has 2 aliphatic heterocycles. The summed E-state index contributed by atoms with van der Waals surface area (Å²) in [6.45, 7) is 8.64. The Hall–Kier alpha value is -6.53. The fraction of sp³-hybridized carbons (Fsp3) is 0.286. The quantitative estimate of drug-likeness (QED) is 0.0351. The van der Waals surface area contributed by atoms with Crippen molar-refractivity contribution in [3.05, 3.63) is 161 Å². The number of ether oxygens (including phenoxy) is 2. The van der Waals surface area contributed by atoms with Gasteiger partial charge in [-0.25, -0.2) is 0 Å². The Kier molecular flexibility index (Phi) is 12.9. The van der Waals surface area contributed by atoms with Crippen LogP contribution in [-0.4, -0.2) is 59.4 Å². The average Bonchev–Trinajstić information content (AvgIpc) is 3.57. The number of para-hydroxylation sites is 1. The number of anilines is 1. The van der Waals surface area contributed by atoms with Gasteiger partial charge >= 0.3 is 5.97 Å². The van der Waals surface area contributed by atoms with E-state index in [2.05, 4.69) is 53.4 Å². The van der Waals surface area contributed by atoms with E-state index in [1.54, 1.807) is 13.0 Å². The van der Waals surface area contributed by atoms with Gasteiger partial charge in [0.2, 0.25) is 5.69 Å². The first kappa shape index (κ1) is 41.1. The van der Waals surface area contributed by atoms with Gasteiger partial charge in [0.25, 0.3) is 6.47 Å². The van der Waals surface area contributed by atoms with Crippen molar-refractivity contribution in [2.75, 3.05) is 24.6 Å². The smallest absolute Gasteiger partial charge is 0.309 e. The first-order chi connectivity index (χ1) is 28.0. The topological polar surface area (TPSA) is 120 Å². The zero-order chi connectivity index (χ0) is 41.3. The highest BCUT2D eigenvalue weighted by atomic mass is 16.5. The number of hydrogen-bond acceptors (Lipinski definition) is 7. The number of ketones is 1. The summed E-state index contributed by atoms with van der Waals surface area (Å²) < 4.78 is 13.2. The predicted molar refractivity (Wildman–Crippen MR) is 226 cm³/mol. The predicted octanol–water partition coefficient (Wildman–Crippen LogP) is 8.59. The van der Waals surface area contributed by atoms with E-state index in [9.17, 15) is 24.8 Å². The van der Waals surface area contributed by atoms with E-state index in [1.807, 2.05) is 104 Å². The second-order valence-electron chi connectivity index (χ2n) is 15.4. The van der Waals surface area contributed by atoms with Crippen molar-refractivity contribution in [3.63, 3.8) is 0 Å². The molecule has 0 fully saturated rings. The maximum Gasteiger partial charge on any atom is 0.309 e. The van der Waals surface area contributed by atoms with Gasteiger partial charge in [-0.3, -0.25) is 14.4 Å². The molecular formula is C49H50N3O6+. The average molecular weight is 777 g/mol. The van der Waals surface area contributed by atoms with E-state index >= 15 is 0 Å². The molecule has 0 aromatic heterocycles. The lowest BCUT2D eigenvalue weighted by molar-refractivity contribution is -0.436. The molecule has 1 unspecified atom stereocenters. The van der Waals surface area contributed by atoms with Gasteiger partial charge in [0.05, 0.1) is 29.7 Å². The molecule has 6 rings (SSSR count). The second-order valence-corrected chi connectivity index (χ2v) is 15.4. The molecule has 4 aromatic rings. The molecule has 0 saturated carbocycles. The lowest BCUT2D eigenvalue weighted by Crippen LogP contribution is -2.36. The van der Waals surface area contributed by atoms with Crippen LogP contribution in [0.1, 0.15) is 62.8 Å². The highest BCUT2D eigenvalue weighted by Gasteiger charge is 2.49. The molecule has 296 valence electrons. The Morgan fingerprint density at radius 2 is 1.59 bits per heavy atom. The number of fused-ring (bicyclic) bond motifs is 2. The minimum Gasteiger partial charge on any atom is -0.491 e. The maximum absolute atomic E-state index is 12.9. The molecule has 0 amide bonds. The Morgan fingerprint density at radius 1 is 0.931 bits per heavy atom. The van der Waals surface area contributed by atoms with Crippen LogP contribution in [0.4, 0.5) is 11.4 Å². The molecule has 0 aliphatic carbocycles. The zero-order valence-electron chi connectivity index (χ0n) is 33.6. The monoisotopic (exact) mass is 776 g/mol. The molecule has 0 radical (unpaired) electrons. The minimum atomic E-state index is -0.941. The van der Waals surface area contributed by atoms with Gasteiger partial charge in [0, 0.05) is 40.9 Å². The summed E-state index contributed by atoms with van der Waals surface area (Å²) in [4.78, 5) is 38.3. The number of Topliss-reactive ketones (excluding diaryl/α,β-unsaturated/α-hetero) is 1. The number of nitrogens with zero attached hydrogens (tertiary/aromatic N) is 3. The van der Waals surface area contributed by atoms with E-state index in [4.69, 9.17) is 9.47 Å². The van der Waals surface area contributed by atoms with Crippen LogP contribution in [-0.2, 0) is 42.8 Å². The van der Waals surface area contributed by atoms with Crippen LogP contribution in [0.15, 0.2) is 139 Å². The van der Waals surface area contributed by atoms with Gasteiger partial charge in [0.1, 0.15) is 24.6 Å². The van der Waals surface area contributed by atoms with Crippen molar-refractivity contribution in [1.29, 1.82) is 5.26 Å².